The highest BCUT2D eigenvalue weighted by Crippen LogP contribution is 2.30. The summed E-state index contributed by atoms with van der Waals surface area (Å²) >= 11 is 5.98. The number of rotatable bonds is 3. The summed E-state index contributed by atoms with van der Waals surface area (Å²) in [6.45, 7) is 2.27. The summed E-state index contributed by atoms with van der Waals surface area (Å²) in [5, 5.41) is 22.5. The Bertz CT molecular complexity index is 553. The zero-order valence-electron chi connectivity index (χ0n) is 9.81. The number of halogens is 1. The first-order valence-corrected chi connectivity index (χ1v) is 5.82. The van der Waals surface area contributed by atoms with Crippen molar-refractivity contribution in [2.45, 2.75) is 13.5 Å². The third kappa shape index (κ3) is 2.49. The Morgan fingerprint density at radius 3 is 2.78 bits per heavy atom. The first-order valence-electron chi connectivity index (χ1n) is 5.44. The number of para-hydroxylation sites is 1. The van der Waals surface area contributed by atoms with Gasteiger partial charge in [0.2, 0.25) is 0 Å². The Kier molecular flexibility index (Phi) is 3.58. The van der Waals surface area contributed by atoms with E-state index in [1.165, 1.54) is 6.07 Å². The van der Waals surface area contributed by atoms with E-state index in [9.17, 15) is 10.2 Å². The molecule has 0 atom stereocenters. The van der Waals surface area contributed by atoms with Crippen LogP contribution in [0.3, 0.4) is 0 Å². The Labute approximate surface area is 110 Å². The second-order valence-electron chi connectivity index (χ2n) is 3.93. The van der Waals surface area contributed by atoms with Gasteiger partial charge in [0.05, 0.1) is 5.69 Å². The molecule has 0 saturated heterocycles. The summed E-state index contributed by atoms with van der Waals surface area (Å²) in [6.07, 6.45) is 1.63. The van der Waals surface area contributed by atoms with Crippen LogP contribution in [0.1, 0.15) is 11.1 Å². The fourth-order valence-electron chi connectivity index (χ4n) is 1.64. The summed E-state index contributed by atoms with van der Waals surface area (Å²) in [5.74, 6) is -0.258. The molecule has 2 aromatic rings. The maximum absolute atomic E-state index is 9.68. The molecule has 0 aliphatic carbocycles. The van der Waals surface area contributed by atoms with Gasteiger partial charge in [-0.1, -0.05) is 23.7 Å². The average molecular weight is 265 g/mol. The fourth-order valence-corrected chi connectivity index (χ4v) is 1.91. The van der Waals surface area contributed by atoms with E-state index >= 15 is 0 Å². The Morgan fingerprint density at radius 2 is 2.06 bits per heavy atom. The van der Waals surface area contributed by atoms with E-state index in [4.69, 9.17) is 11.6 Å². The number of phenolic OH excluding ortho intramolecular Hbond substituents is 2. The number of hydrogen-bond acceptors (Lipinski definition) is 4. The summed E-state index contributed by atoms with van der Waals surface area (Å²) in [5.41, 5.74) is 2.28. The van der Waals surface area contributed by atoms with Crippen molar-refractivity contribution in [3.05, 3.63) is 46.7 Å². The van der Waals surface area contributed by atoms with Crippen molar-refractivity contribution in [3.63, 3.8) is 0 Å². The predicted molar refractivity (Wildman–Crippen MR) is 71.1 cm³/mol. The molecule has 1 heterocycles. The van der Waals surface area contributed by atoms with Crippen LogP contribution in [-0.2, 0) is 6.54 Å². The Morgan fingerprint density at radius 1 is 1.28 bits per heavy atom. The predicted octanol–water partition coefficient (Wildman–Crippen LogP) is 3.07. The summed E-state index contributed by atoms with van der Waals surface area (Å²) in [6, 6.07) is 6.67. The number of pyridine rings is 1. The molecule has 0 amide bonds. The van der Waals surface area contributed by atoms with Crippen molar-refractivity contribution < 1.29 is 10.2 Å². The smallest absolute Gasteiger partial charge is 0.162 e. The van der Waals surface area contributed by atoms with Crippen LogP contribution in [-0.4, -0.2) is 15.2 Å². The van der Waals surface area contributed by atoms with E-state index in [2.05, 4.69) is 10.3 Å². The quantitative estimate of drug-likeness (QED) is 0.589. The monoisotopic (exact) mass is 264 g/mol. The number of nitrogens with one attached hydrogen (secondary N) is 1. The lowest BCUT2D eigenvalue weighted by Crippen LogP contribution is -2.02. The van der Waals surface area contributed by atoms with Crippen LogP contribution in [0.25, 0.3) is 0 Å². The van der Waals surface area contributed by atoms with Gasteiger partial charge in [-0.05, 0) is 24.6 Å². The highest BCUT2D eigenvalue weighted by atomic mass is 35.5. The van der Waals surface area contributed by atoms with Gasteiger partial charge in [0.15, 0.2) is 16.7 Å². The van der Waals surface area contributed by atoms with Crippen LogP contribution in [0.2, 0.25) is 5.15 Å². The molecule has 0 unspecified atom stereocenters. The van der Waals surface area contributed by atoms with Crippen LogP contribution in [0, 0.1) is 6.92 Å². The van der Waals surface area contributed by atoms with Crippen molar-refractivity contribution in [1.82, 2.24) is 4.98 Å². The first kappa shape index (κ1) is 12.5. The van der Waals surface area contributed by atoms with Crippen LogP contribution < -0.4 is 5.32 Å². The third-order valence-corrected chi connectivity index (χ3v) is 2.95. The molecule has 0 radical (unpaired) electrons. The van der Waals surface area contributed by atoms with Gasteiger partial charge in [-0.25, -0.2) is 4.98 Å². The minimum Gasteiger partial charge on any atom is -0.504 e. The Balaban J connectivity index is 2.19. The van der Waals surface area contributed by atoms with E-state index in [1.54, 1.807) is 18.3 Å². The molecule has 18 heavy (non-hydrogen) atoms. The van der Waals surface area contributed by atoms with E-state index < -0.39 is 0 Å². The molecular weight excluding hydrogens is 252 g/mol. The van der Waals surface area contributed by atoms with E-state index in [-0.39, 0.29) is 11.5 Å². The van der Waals surface area contributed by atoms with Crippen molar-refractivity contribution in [2.24, 2.45) is 0 Å². The molecule has 1 aromatic carbocycles. The normalized spacial score (nSPS) is 10.3. The lowest BCUT2D eigenvalue weighted by Gasteiger charge is -2.12. The molecule has 0 spiro atoms. The average Bonchev–Trinajstić information content (AvgIpc) is 2.33. The second kappa shape index (κ2) is 5.14. The highest BCUT2D eigenvalue weighted by molar-refractivity contribution is 6.32. The van der Waals surface area contributed by atoms with E-state index in [1.807, 2.05) is 13.0 Å². The number of hydrogen-bond donors (Lipinski definition) is 3. The van der Waals surface area contributed by atoms with Crippen LogP contribution in [0.5, 0.6) is 11.5 Å². The van der Waals surface area contributed by atoms with E-state index in [0.29, 0.717) is 17.3 Å². The molecule has 5 heteroatoms. The maximum atomic E-state index is 9.68. The number of phenols is 2. The molecule has 3 N–H and O–H groups in total. The maximum Gasteiger partial charge on any atom is 0.162 e. The summed E-state index contributed by atoms with van der Waals surface area (Å²) < 4.78 is 0. The molecule has 0 aliphatic rings. The van der Waals surface area contributed by atoms with Gasteiger partial charge in [-0.15, -0.1) is 0 Å². The van der Waals surface area contributed by atoms with Gasteiger partial charge in [0, 0.05) is 18.3 Å². The van der Waals surface area contributed by atoms with Crippen molar-refractivity contribution >= 4 is 17.3 Å². The van der Waals surface area contributed by atoms with Crippen LogP contribution in [0.4, 0.5) is 5.69 Å². The van der Waals surface area contributed by atoms with Gasteiger partial charge in [-0.3, -0.25) is 0 Å². The molecule has 2 rings (SSSR count). The summed E-state index contributed by atoms with van der Waals surface area (Å²) in [7, 11) is 0. The second-order valence-corrected chi connectivity index (χ2v) is 4.29. The Hall–Kier alpha value is -1.94. The molecule has 0 fully saturated rings. The van der Waals surface area contributed by atoms with Gasteiger partial charge >= 0.3 is 0 Å². The van der Waals surface area contributed by atoms with Crippen molar-refractivity contribution in [1.29, 1.82) is 0 Å². The molecule has 94 valence electrons. The van der Waals surface area contributed by atoms with Crippen LogP contribution >= 0.6 is 11.6 Å². The first-order chi connectivity index (χ1) is 8.59. The molecule has 0 saturated carbocycles. The SMILES string of the molecule is Cc1ccnc(Cl)c1NCc1cccc(O)c1O. The number of aromatic hydroxyl groups is 2. The minimum absolute atomic E-state index is 0.123. The van der Waals surface area contributed by atoms with E-state index in [0.717, 1.165) is 11.3 Å². The zero-order valence-corrected chi connectivity index (χ0v) is 10.6. The fraction of sp³-hybridized carbons (Fsp3) is 0.154. The topological polar surface area (TPSA) is 65.4 Å². The number of aryl methyl sites for hydroxylation is 1. The summed E-state index contributed by atoms with van der Waals surface area (Å²) in [4.78, 5) is 3.98. The van der Waals surface area contributed by atoms with Gasteiger partial charge < -0.3 is 15.5 Å². The van der Waals surface area contributed by atoms with Crippen LogP contribution in [0.15, 0.2) is 30.5 Å². The lowest BCUT2D eigenvalue weighted by atomic mass is 10.1. The highest BCUT2D eigenvalue weighted by Gasteiger charge is 2.08. The molecule has 4 nitrogen and oxygen atoms in total. The lowest BCUT2D eigenvalue weighted by molar-refractivity contribution is 0.400. The molecule has 0 aliphatic heterocycles. The van der Waals surface area contributed by atoms with Gasteiger partial charge in [0.25, 0.3) is 0 Å². The number of nitrogens with zero attached hydrogens (tertiary/aromatic N) is 1. The largest absolute Gasteiger partial charge is 0.504 e. The molecule has 0 bridgehead atoms. The van der Waals surface area contributed by atoms with Crippen molar-refractivity contribution in [3.8, 4) is 11.5 Å². The zero-order chi connectivity index (χ0) is 13.1. The number of benzene rings is 1. The molecule has 1 aromatic heterocycles. The third-order valence-electron chi connectivity index (χ3n) is 2.67. The van der Waals surface area contributed by atoms with Gasteiger partial charge in [0.1, 0.15) is 0 Å². The number of anilines is 1. The number of aromatic nitrogens is 1. The van der Waals surface area contributed by atoms with Crippen molar-refractivity contribution in [2.75, 3.05) is 5.32 Å². The van der Waals surface area contributed by atoms with Gasteiger partial charge in [-0.2, -0.15) is 0 Å². The minimum atomic E-state index is -0.136. The molecular formula is C13H13ClN2O2. The standard InChI is InChI=1S/C13H13ClN2O2/c1-8-5-6-15-13(14)11(8)16-7-9-3-2-4-10(17)12(9)18/h2-6,16-18H,7H2,1H3.